The van der Waals surface area contributed by atoms with Crippen LogP contribution in [-0.2, 0) is 11.3 Å². The van der Waals surface area contributed by atoms with Crippen LogP contribution in [0, 0.1) is 0 Å². The van der Waals surface area contributed by atoms with E-state index in [1.54, 1.807) is 11.6 Å². The summed E-state index contributed by atoms with van der Waals surface area (Å²) in [7, 11) is 0. The molecule has 0 unspecified atom stereocenters. The highest BCUT2D eigenvalue weighted by atomic mass is 16.5. The molecule has 0 bridgehead atoms. The Morgan fingerprint density at radius 3 is 2.48 bits per heavy atom. The van der Waals surface area contributed by atoms with E-state index in [2.05, 4.69) is 54.4 Å². The van der Waals surface area contributed by atoms with Gasteiger partial charge >= 0.3 is 0 Å². The minimum Gasteiger partial charge on any atom is -0.371 e. The van der Waals surface area contributed by atoms with Crippen molar-refractivity contribution in [1.29, 1.82) is 0 Å². The molecule has 5 nitrogen and oxygen atoms in total. The standard InChI is InChI=1S/C24H31N3O2/c1-18(2)20-9-7-19(8-10-20)17-25-22-13-15-27(16-14-22)23-6-4-3-5-21(23)11-12-24(28)26-29/h3-12,18,22,25,29H,13-17H2,1-2H3,(H,26,28)/b12-11+. The highest BCUT2D eigenvalue weighted by Gasteiger charge is 2.20. The molecule has 5 heteroatoms. The van der Waals surface area contributed by atoms with Crippen molar-refractivity contribution in [3.63, 3.8) is 0 Å². The molecule has 1 amide bonds. The number of anilines is 1. The van der Waals surface area contributed by atoms with Crippen LogP contribution in [0.1, 0.15) is 49.3 Å². The van der Waals surface area contributed by atoms with Gasteiger partial charge in [0.15, 0.2) is 0 Å². The molecule has 0 saturated carbocycles. The van der Waals surface area contributed by atoms with E-state index in [1.807, 2.05) is 18.2 Å². The van der Waals surface area contributed by atoms with Crippen molar-refractivity contribution in [3.8, 4) is 0 Å². The highest BCUT2D eigenvalue weighted by molar-refractivity contribution is 5.91. The van der Waals surface area contributed by atoms with Gasteiger partial charge in [-0.05, 0) is 47.6 Å². The maximum absolute atomic E-state index is 11.3. The summed E-state index contributed by atoms with van der Waals surface area (Å²) in [6.45, 7) is 7.29. The molecule has 1 fully saturated rings. The van der Waals surface area contributed by atoms with Gasteiger partial charge in [0.05, 0.1) is 0 Å². The third kappa shape index (κ3) is 5.92. The average Bonchev–Trinajstić information content (AvgIpc) is 2.77. The second kappa shape index (κ2) is 10.2. The Kier molecular flexibility index (Phi) is 7.44. The number of para-hydroxylation sites is 1. The predicted molar refractivity (Wildman–Crippen MR) is 118 cm³/mol. The Labute approximate surface area is 173 Å². The smallest absolute Gasteiger partial charge is 0.267 e. The third-order valence-electron chi connectivity index (χ3n) is 5.54. The first kappa shape index (κ1) is 21.1. The minimum atomic E-state index is -0.524. The van der Waals surface area contributed by atoms with Crippen LogP contribution in [0.25, 0.3) is 6.08 Å². The lowest BCUT2D eigenvalue weighted by molar-refractivity contribution is -0.124. The molecule has 2 aromatic carbocycles. The molecule has 0 spiro atoms. The number of amides is 1. The van der Waals surface area contributed by atoms with E-state index in [4.69, 9.17) is 5.21 Å². The summed E-state index contributed by atoms with van der Waals surface area (Å²) < 4.78 is 0. The van der Waals surface area contributed by atoms with Gasteiger partial charge in [0, 0.05) is 37.4 Å². The van der Waals surface area contributed by atoms with E-state index >= 15 is 0 Å². The molecule has 154 valence electrons. The van der Waals surface area contributed by atoms with Gasteiger partial charge in [0.1, 0.15) is 0 Å². The summed E-state index contributed by atoms with van der Waals surface area (Å²) in [5, 5.41) is 12.4. The predicted octanol–water partition coefficient (Wildman–Crippen LogP) is 4.09. The van der Waals surface area contributed by atoms with Crippen molar-refractivity contribution in [2.24, 2.45) is 0 Å². The van der Waals surface area contributed by atoms with Crippen LogP contribution in [0.2, 0.25) is 0 Å². The molecule has 3 N–H and O–H groups in total. The first-order valence-electron chi connectivity index (χ1n) is 10.3. The van der Waals surface area contributed by atoms with Crippen LogP contribution in [-0.4, -0.2) is 30.2 Å². The Hall–Kier alpha value is -2.63. The topological polar surface area (TPSA) is 64.6 Å². The van der Waals surface area contributed by atoms with E-state index in [0.717, 1.165) is 43.7 Å². The molecule has 1 aliphatic rings. The molecule has 3 rings (SSSR count). The molecule has 0 aliphatic carbocycles. The number of hydrogen-bond acceptors (Lipinski definition) is 4. The van der Waals surface area contributed by atoms with Crippen molar-refractivity contribution in [1.82, 2.24) is 10.8 Å². The van der Waals surface area contributed by atoms with Gasteiger partial charge in [-0.1, -0.05) is 56.3 Å². The first-order valence-corrected chi connectivity index (χ1v) is 10.3. The van der Waals surface area contributed by atoms with Crippen molar-refractivity contribution < 1.29 is 10.0 Å². The van der Waals surface area contributed by atoms with Gasteiger partial charge in [0.25, 0.3) is 5.91 Å². The molecule has 1 heterocycles. The molecule has 0 atom stereocenters. The third-order valence-corrected chi connectivity index (χ3v) is 5.54. The van der Waals surface area contributed by atoms with Crippen LogP contribution in [0.5, 0.6) is 0 Å². The quantitative estimate of drug-likeness (QED) is 0.377. The number of nitrogens with one attached hydrogen (secondary N) is 2. The molecule has 1 aliphatic heterocycles. The number of nitrogens with zero attached hydrogens (tertiary/aromatic N) is 1. The van der Waals surface area contributed by atoms with Crippen molar-refractivity contribution in [3.05, 3.63) is 71.3 Å². The minimum absolute atomic E-state index is 0.513. The molecule has 2 aromatic rings. The fourth-order valence-corrected chi connectivity index (χ4v) is 3.73. The molecule has 29 heavy (non-hydrogen) atoms. The zero-order valence-corrected chi connectivity index (χ0v) is 17.3. The van der Waals surface area contributed by atoms with Crippen LogP contribution >= 0.6 is 0 Å². The van der Waals surface area contributed by atoms with Crippen molar-refractivity contribution >= 4 is 17.7 Å². The van der Waals surface area contributed by atoms with E-state index < -0.39 is 5.91 Å². The van der Waals surface area contributed by atoms with Crippen LogP contribution in [0.4, 0.5) is 5.69 Å². The molecule has 1 saturated heterocycles. The Bertz CT molecular complexity index is 822. The summed E-state index contributed by atoms with van der Waals surface area (Å²) in [6.07, 6.45) is 5.25. The fraction of sp³-hybridized carbons (Fsp3) is 0.375. The SMILES string of the molecule is CC(C)c1ccc(CNC2CCN(c3ccccc3/C=C/C(=O)NO)CC2)cc1. The number of carbonyl (C=O) groups excluding carboxylic acids is 1. The largest absolute Gasteiger partial charge is 0.371 e. The van der Waals surface area contributed by atoms with Gasteiger partial charge in [-0.15, -0.1) is 0 Å². The lowest BCUT2D eigenvalue weighted by Crippen LogP contribution is -2.42. The average molecular weight is 394 g/mol. The maximum Gasteiger partial charge on any atom is 0.267 e. The summed E-state index contributed by atoms with van der Waals surface area (Å²) in [6, 6.07) is 17.5. The zero-order chi connectivity index (χ0) is 20.6. The Morgan fingerprint density at radius 1 is 1.14 bits per heavy atom. The van der Waals surface area contributed by atoms with Crippen LogP contribution in [0.3, 0.4) is 0 Å². The number of hydroxylamine groups is 1. The van der Waals surface area contributed by atoms with Gasteiger partial charge in [-0.25, -0.2) is 5.48 Å². The van der Waals surface area contributed by atoms with E-state index in [1.165, 1.54) is 17.2 Å². The van der Waals surface area contributed by atoms with Gasteiger partial charge < -0.3 is 10.2 Å². The molecule has 0 aromatic heterocycles. The summed E-state index contributed by atoms with van der Waals surface area (Å²) in [5.41, 5.74) is 6.44. The monoisotopic (exact) mass is 393 g/mol. The maximum atomic E-state index is 11.3. The molecular weight excluding hydrogens is 362 g/mol. The van der Waals surface area contributed by atoms with E-state index in [0.29, 0.717) is 12.0 Å². The molecular formula is C24H31N3O2. The number of rotatable bonds is 7. The van der Waals surface area contributed by atoms with Crippen LogP contribution < -0.4 is 15.7 Å². The lowest BCUT2D eigenvalue weighted by Gasteiger charge is -2.35. The highest BCUT2D eigenvalue weighted by Crippen LogP contribution is 2.25. The summed E-state index contributed by atoms with van der Waals surface area (Å²) in [4.78, 5) is 13.7. The second-order valence-corrected chi connectivity index (χ2v) is 7.91. The first-order chi connectivity index (χ1) is 14.1. The van der Waals surface area contributed by atoms with E-state index in [9.17, 15) is 4.79 Å². The van der Waals surface area contributed by atoms with E-state index in [-0.39, 0.29) is 0 Å². The summed E-state index contributed by atoms with van der Waals surface area (Å²) in [5.74, 6) is 0.0428. The van der Waals surface area contributed by atoms with Gasteiger partial charge in [-0.3, -0.25) is 10.0 Å². The summed E-state index contributed by atoms with van der Waals surface area (Å²) >= 11 is 0. The van der Waals surface area contributed by atoms with Crippen molar-refractivity contribution in [2.45, 2.75) is 45.2 Å². The fourth-order valence-electron chi connectivity index (χ4n) is 3.73. The number of piperidine rings is 1. The zero-order valence-electron chi connectivity index (χ0n) is 17.3. The van der Waals surface area contributed by atoms with Crippen LogP contribution in [0.15, 0.2) is 54.6 Å². The lowest BCUT2D eigenvalue weighted by atomic mass is 10.0. The number of benzene rings is 2. The van der Waals surface area contributed by atoms with Gasteiger partial charge in [0.2, 0.25) is 0 Å². The Morgan fingerprint density at radius 2 is 1.83 bits per heavy atom. The molecule has 0 radical (unpaired) electrons. The normalized spacial score (nSPS) is 15.2. The van der Waals surface area contributed by atoms with Gasteiger partial charge in [-0.2, -0.15) is 0 Å². The van der Waals surface area contributed by atoms with Crippen molar-refractivity contribution in [2.75, 3.05) is 18.0 Å². The number of hydrogen-bond donors (Lipinski definition) is 3. The Balaban J connectivity index is 1.53. The number of carbonyl (C=O) groups is 1. The second-order valence-electron chi connectivity index (χ2n) is 7.91.